The first-order valence-electron chi connectivity index (χ1n) is 7.16. The van der Waals surface area contributed by atoms with Gasteiger partial charge in [0.15, 0.2) is 11.1 Å². The maximum atomic E-state index is 10.3. The molecular formula is C13H22IN5OS2. The molecule has 2 aliphatic rings. The highest BCUT2D eigenvalue weighted by Crippen LogP contribution is 2.28. The van der Waals surface area contributed by atoms with Crippen molar-refractivity contribution in [2.24, 2.45) is 10.7 Å². The van der Waals surface area contributed by atoms with Crippen LogP contribution in [-0.2, 0) is 0 Å². The van der Waals surface area contributed by atoms with Crippen LogP contribution in [0.25, 0.3) is 0 Å². The summed E-state index contributed by atoms with van der Waals surface area (Å²) in [4.78, 5) is 13.1. The van der Waals surface area contributed by atoms with E-state index in [0.717, 1.165) is 49.2 Å². The van der Waals surface area contributed by atoms with Crippen LogP contribution in [0.5, 0.6) is 0 Å². The molecule has 2 aliphatic heterocycles. The Morgan fingerprint density at radius 2 is 2.18 bits per heavy atom. The van der Waals surface area contributed by atoms with Gasteiger partial charge in [0.25, 0.3) is 0 Å². The summed E-state index contributed by atoms with van der Waals surface area (Å²) >= 11 is 3.45. The number of nitrogens with two attached hydrogens (primary N) is 1. The van der Waals surface area contributed by atoms with Crippen LogP contribution >= 0.6 is 47.1 Å². The van der Waals surface area contributed by atoms with Gasteiger partial charge in [-0.15, -0.1) is 35.3 Å². The number of thioether (sulfide) groups is 1. The minimum Gasteiger partial charge on any atom is -0.387 e. The van der Waals surface area contributed by atoms with Gasteiger partial charge >= 0.3 is 0 Å². The molecule has 2 fully saturated rings. The summed E-state index contributed by atoms with van der Waals surface area (Å²) in [6.45, 7) is 3.93. The minimum atomic E-state index is -0.655. The molecule has 0 radical (unpaired) electrons. The summed E-state index contributed by atoms with van der Waals surface area (Å²) in [5, 5.41) is 13.4. The average Bonchev–Trinajstić information content (AvgIpc) is 3.17. The molecule has 9 heteroatoms. The first-order chi connectivity index (χ1) is 10.2. The van der Waals surface area contributed by atoms with Gasteiger partial charge < -0.3 is 20.6 Å². The van der Waals surface area contributed by atoms with Gasteiger partial charge in [0.2, 0.25) is 0 Å². The lowest BCUT2D eigenvalue weighted by Gasteiger charge is -2.35. The van der Waals surface area contributed by atoms with Crippen LogP contribution in [0.3, 0.4) is 0 Å². The van der Waals surface area contributed by atoms with Crippen LogP contribution in [0.2, 0.25) is 0 Å². The molecule has 124 valence electrons. The van der Waals surface area contributed by atoms with Gasteiger partial charge in [-0.2, -0.15) is 11.8 Å². The van der Waals surface area contributed by atoms with Gasteiger partial charge in [-0.3, -0.25) is 4.99 Å². The van der Waals surface area contributed by atoms with E-state index in [9.17, 15) is 5.11 Å². The largest absolute Gasteiger partial charge is 0.387 e. The number of aliphatic hydroxyl groups is 1. The van der Waals surface area contributed by atoms with Crippen molar-refractivity contribution in [3.63, 3.8) is 0 Å². The molecule has 0 aromatic carbocycles. The van der Waals surface area contributed by atoms with E-state index >= 15 is 0 Å². The molecule has 6 nitrogen and oxygen atoms in total. The summed E-state index contributed by atoms with van der Waals surface area (Å²) in [6, 6.07) is 0. The van der Waals surface area contributed by atoms with Crippen molar-refractivity contribution in [1.82, 2.24) is 9.88 Å². The lowest BCUT2D eigenvalue weighted by atomic mass is 10.1. The van der Waals surface area contributed by atoms with Crippen molar-refractivity contribution in [2.45, 2.75) is 12.0 Å². The van der Waals surface area contributed by atoms with Crippen molar-refractivity contribution in [3.8, 4) is 0 Å². The quantitative estimate of drug-likeness (QED) is 0.404. The van der Waals surface area contributed by atoms with E-state index in [1.807, 2.05) is 11.6 Å². The second-order valence-corrected chi connectivity index (χ2v) is 7.47. The smallest absolute Gasteiger partial charge is 0.191 e. The molecule has 0 amide bonds. The van der Waals surface area contributed by atoms with Gasteiger partial charge in [0.1, 0.15) is 0 Å². The standard InChI is InChI=1S/C13H21N5OS2.HI/c14-11(16-9-13(19)1-7-20-10-13)17-3-5-18(6-4-17)12-15-2-8-21-12;/h2,8,19H,1,3-7,9-10H2,(H2,14,16);1H. The molecule has 1 unspecified atom stereocenters. The van der Waals surface area contributed by atoms with Crippen molar-refractivity contribution >= 4 is 58.2 Å². The Morgan fingerprint density at radius 3 is 2.77 bits per heavy atom. The van der Waals surface area contributed by atoms with Gasteiger partial charge in [-0.1, -0.05) is 0 Å². The molecule has 1 aromatic heterocycles. The fourth-order valence-electron chi connectivity index (χ4n) is 2.55. The van der Waals surface area contributed by atoms with E-state index in [-0.39, 0.29) is 24.0 Å². The van der Waals surface area contributed by atoms with Crippen molar-refractivity contribution in [1.29, 1.82) is 0 Å². The highest BCUT2D eigenvalue weighted by atomic mass is 127. The Morgan fingerprint density at radius 1 is 1.41 bits per heavy atom. The van der Waals surface area contributed by atoms with Gasteiger partial charge in [0.05, 0.1) is 12.1 Å². The highest BCUT2D eigenvalue weighted by Gasteiger charge is 2.31. The van der Waals surface area contributed by atoms with Crippen LogP contribution in [-0.4, -0.2) is 70.8 Å². The number of rotatable bonds is 3. The van der Waals surface area contributed by atoms with E-state index in [2.05, 4.69) is 19.8 Å². The van der Waals surface area contributed by atoms with E-state index < -0.39 is 5.60 Å². The molecule has 1 aromatic rings. The maximum Gasteiger partial charge on any atom is 0.191 e. The Balaban J connectivity index is 0.00000176. The monoisotopic (exact) mass is 455 g/mol. The lowest BCUT2D eigenvalue weighted by Crippen LogP contribution is -2.51. The first kappa shape index (κ1) is 18.1. The fraction of sp³-hybridized carbons (Fsp3) is 0.692. The molecule has 0 aliphatic carbocycles. The zero-order valence-corrected chi connectivity index (χ0v) is 16.3. The predicted octanol–water partition coefficient (Wildman–Crippen LogP) is 1.07. The molecular weight excluding hydrogens is 433 g/mol. The number of nitrogens with zero attached hydrogens (tertiary/aromatic N) is 4. The molecule has 0 spiro atoms. The van der Waals surface area contributed by atoms with Crippen molar-refractivity contribution < 1.29 is 5.11 Å². The van der Waals surface area contributed by atoms with Crippen LogP contribution < -0.4 is 10.6 Å². The number of thiazole rings is 1. The molecule has 0 saturated carbocycles. The Kier molecular flexibility index (Phi) is 6.59. The Labute approximate surface area is 156 Å². The summed E-state index contributed by atoms with van der Waals surface area (Å²) in [7, 11) is 0. The maximum absolute atomic E-state index is 10.3. The van der Waals surface area contributed by atoms with E-state index in [1.54, 1.807) is 23.1 Å². The second-order valence-electron chi connectivity index (χ2n) is 5.49. The number of hydrogen-bond donors (Lipinski definition) is 2. The molecule has 1 atom stereocenters. The van der Waals surface area contributed by atoms with Crippen LogP contribution in [0.4, 0.5) is 5.13 Å². The highest BCUT2D eigenvalue weighted by molar-refractivity contribution is 14.0. The second kappa shape index (κ2) is 8.02. The van der Waals surface area contributed by atoms with E-state index in [0.29, 0.717) is 12.5 Å². The number of aromatic nitrogens is 1. The first-order valence-corrected chi connectivity index (χ1v) is 9.19. The third-order valence-corrected chi connectivity index (χ3v) is 5.98. The minimum absolute atomic E-state index is 0. The van der Waals surface area contributed by atoms with Crippen LogP contribution in [0, 0.1) is 0 Å². The zero-order valence-electron chi connectivity index (χ0n) is 12.3. The van der Waals surface area contributed by atoms with Crippen molar-refractivity contribution in [3.05, 3.63) is 11.6 Å². The molecule has 2 saturated heterocycles. The number of piperazine rings is 1. The van der Waals surface area contributed by atoms with Crippen molar-refractivity contribution in [2.75, 3.05) is 49.1 Å². The molecule has 3 rings (SSSR count). The topological polar surface area (TPSA) is 78.0 Å². The molecule has 3 N–H and O–H groups in total. The average molecular weight is 455 g/mol. The molecule has 3 heterocycles. The third kappa shape index (κ3) is 4.39. The summed E-state index contributed by atoms with van der Waals surface area (Å²) in [5.74, 6) is 2.33. The van der Waals surface area contributed by atoms with E-state index in [4.69, 9.17) is 5.73 Å². The number of hydrogen-bond acceptors (Lipinski definition) is 6. The fourth-order valence-corrected chi connectivity index (χ4v) is 4.53. The summed E-state index contributed by atoms with van der Waals surface area (Å²) in [5.41, 5.74) is 5.42. The number of aliphatic imine (C=N–C) groups is 1. The van der Waals surface area contributed by atoms with Crippen LogP contribution in [0.1, 0.15) is 6.42 Å². The Hall–Kier alpha value is -0.260. The summed E-state index contributed by atoms with van der Waals surface area (Å²) in [6.07, 6.45) is 2.65. The van der Waals surface area contributed by atoms with Gasteiger partial charge in [-0.05, 0) is 12.2 Å². The Bertz CT molecular complexity index is 485. The molecule has 0 bridgehead atoms. The van der Waals surface area contributed by atoms with Gasteiger partial charge in [-0.25, -0.2) is 4.98 Å². The van der Waals surface area contributed by atoms with Gasteiger partial charge in [0, 0.05) is 43.5 Å². The van der Waals surface area contributed by atoms with E-state index in [1.165, 1.54) is 0 Å². The normalized spacial score (nSPS) is 26.1. The molecule has 22 heavy (non-hydrogen) atoms. The SMILES string of the molecule is I.NC(=NCC1(O)CCSC1)N1CCN(c2nccs2)CC1. The number of halogens is 1. The number of guanidine groups is 1. The predicted molar refractivity (Wildman–Crippen MR) is 105 cm³/mol. The van der Waals surface area contributed by atoms with Crippen LogP contribution in [0.15, 0.2) is 16.6 Å². The number of anilines is 1. The zero-order chi connectivity index (χ0) is 14.7. The lowest BCUT2D eigenvalue weighted by molar-refractivity contribution is 0.0776. The third-order valence-electron chi connectivity index (χ3n) is 3.91. The summed E-state index contributed by atoms with van der Waals surface area (Å²) < 4.78 is 0.